The summed E-state index contributed by atoms with van der Waals surface area (Å²) in [5.74, 6) is -2.13. The van der Waals surface area contributed by atoms with Crippen LogP contribution in [0.3, 0.4) is 0 Å². The maximum Gasteiger partial charge on any atom is 0.280 e. The molecule has 144 valence electrons. The van der Waals surface area contributed by atoms with Crippen molar-refractivity contribution in [3.8, 4) is 6.07 Å². The molecule has 2 unspecified atom stereocenters. The van der Waals surface area contributed by atoms with E-state index >= 15 is 0 Å². The molecule has 4 rings (SSSR count). The van der Waals surface area contributed by atoms with Crippen molar-refractivity contribution < 1.29 is 9.59 Å². The number of nitrogens with zero attached hydrogens (tertiary/aromatic N) is 3. The van der Waals surface area contributed by atoms with Gasteiger partial charge in [0.25, 0.3) is 5.91 Å². The van der Waals surface area contributed by atoms with Crippen molar-refractivity contribution in [2.45, 2.75) is 12.8 Å². The molecule has 0 fully saturated rings. The number of rotatable bonds is 2. The number of anilines is 1. The summed E-state index contributed by atoms with van der Waals surface area (Å²) in [5.41, 5.74) is 2.32. The first-order valence-corrected chi connectivity index (χ1v) is 9.52. The van der Waals surface area contributed by atoms with Crippen molar-refractivity contribution in [1.82, 2.24) is 9.78 Å². The molecule has 0 spiro atoms. The quantitative estimate of drug-likeness (QED) is 0.659. The lowest BCUT2D eigenvalue weighted by Gasteiger charge is -2.28. The van der Waals surface area contributed by atoms with Crippen molar-refractivity contribution in [1.29, 1.82) is 5.26 Å². The second-order valence-corrected chi connectivity index (χ2v) is 7.57. The van der Waals surface area contributed by atoms with Crippen LogP contribution in [0, 0.1) is 24.2 Å². The summed E-state index contributed by atoms with van der Waals surface area (Å²) in [6, 6.07) is 15.4. The van der Waals surface area contributed by atoms with Gasteiger partial charge in [0.05, 0.1) is 11.8 Å². The number of nitriles is 1. The molecule has 2 aromatic carbocycles. The van der Waals surface area contributed by atoms with Crippen LogP contribution in [0.15, 0.2) is 48.5 Å². The lowest BCUT2D eigenvalue weighted by Crippen LogP contribution is -2.34. The average molecular weight is 425 g/mol. The normalized spacial score (nSPS) is 17.9. The first kappa shape index (κ1) is 19.2. The Labute approximate surface area is 176 Å². The van der Waals surface area contributed by atoms with Crippen LogP contribution < -0.4 is 5.32 Å². The van der Waals surface area contributed by atoms with Crippen LogP contribution in [0.25, 0.3) is 0 Å². The summed E-state index contributed by atoms with van der Waals surface area (Å²) in [6.45, 7) is 1.75. The molecule has 1 amide bonds. The Kier molecular flexibility index (Phi) is 4.87. The minimum absolute atomic E-state index is 0.277. The summed E-state index contributed by atoms with van der Waals surface area (Å²) < 4.78 is 1.17. The molecule has 2 atom stereocenters. The smallest absolute Gasteiger partial charge is 0.280 e. The number of halogens is 2. The Morgan fingerprint density at radius 1 is 1.10 bits per heavy atom. The standard InChI is InChI=1S/C21H14Cl2N4O2/c1-11-17-18(12-2-6-14(22)7-3-12)16(10-24)20(28)25-19(17)27(26-11)21(29)13-4-8-15(23)9-5-13/h2-9,16,18H,1H3,(H,25,28). The van der Waals surface area contributed by atoms with E-state index < -0.39 is 23.7 Å². The average Bonchev–Trinajstić information content (AvgIpc) is 3.03. The molecular weight excluding hydrogens is 411 g/mol. The van der Waals surface area contributed by atoms with Gasteiger partial charge in [-0.05, 0) is 48.9 Å². The van der Waals surface area contributed by atoms with Gasteiger partial charge in [0, 0.05) is 27.1 Å². The van der Waals surface area contributed by atoms with Crippen molar-refractivity contribution in [3.63, 3.8) is 0 Å². The Morgan fingerprint density at radius 3 is 2.28 bits per heavy atom. The van der Waals surface area contributed by atoms with Gasteiger partial charge in [-0.1, -0.05) is 35.3 Å². The third-order valence-electron chi connectivity index (χ3n) is 4.93. The molecule has 0 saturated heterocycles. The number of carbonyl (C=O) groups excluding carboxylic acids is 2. The molecule has 1 aliphatic heterocycles. The third kappa shape index (κ3) is 3.29. The molecule has 0 saturated carbocycles. The number of fused-ring (bicyclic) bond motifs is 1. The molecule has 0 aliphatic carbocycles. The summed E-state index contributed by atoms with van der Waals surface area (Å²) >= 11 is 11.9. The minimum atomic E-state index is -0.953. The number of hydrogen-bond donors (Lipinski definition) is 1. The van der Waals surface area contributed by atoms with Crippen molar-refractivity contribution in [3.05, 3.63) is 81.0 Å². The van der Waals surface area contributed by atoms with E-state index in [1.165, 1.54) is 4.68 Å². The molecule has 0 bridgehead atoms. The number of amides is 1. The highest BCUT2D eigenvalue weighted by molar-refractivity contribution is 6.30. The second-order valence-electron chi connectivity index (χ2n) is 6.70. The van der Waals surface area contributed by atoms with Gasteiger partial charge in [0.2, 0.25) is 5.91 Å². The van der Waals surface area contributed by atoms with E-state index in [4.69, 9.17) is 23.2 Å². The SMILES string of the molecule is Cc1nn(C(=O)c2ccc(Cl)cc2)c2c1C(c1ccc(Cl)cc1)C(C#N)C(=O)N2. The maximum atomic E-state index is 13.0. The molecule has 0 radical (unpaired) electrons. The van der Waals surface area contributed by atoms with Crippen LogP contribution >= 0.6 is 23.2 Å². The molecule has 1 N–H and O–H groups in total. The Hall–Kier alpha value is -3.14. The lowest BCUT2D eigenvalue weighted by atomic mass is 9.78. The number of hydrogen-bond acceptors (Lipinski definition) is 4. The van der Waals surface area contributed by atoms with E-state index in [1.54, 1.807) is 55.5 Å². The second kappa shape index (κ2) is 7.36. The number of aryl methyl sites for hydroxylation is 1. The first-order chi connectivity index (χ1) is 13.9. The predicted molar refractivity (Wildman–Crippen MR) is 109 cm³/mol. The monoisotopic (exact) mass is 424 g/mol. The zero-order valence-electron chi connectivity index (χ0n) is 15.2. The van der Waals surface area contributed by atoms with Gasteiger partial charge in [-0.3, -0.25) is 9.59 Å². The molecule has 6 nitrogen and oxygen atoms in total. The van der Waals surface area contributed by atoms with Crippen molar-refractivity contribution in [2.24, 2.45) is 5.92 Å². The Balaban J connectivity index is 1.87. The highest BCUT2D eigenvalue weighted by atomic mass is 35.5. The van der Waals surface area contributed by atoms with Gasteiger partial charge in [0.15, 0.2) is 0 Å². The summed E-state index contributed by atoms with van der Waals surface area (Å²) in [7, 11) is 0. The van der Waals surface area contributed by atoms with Gasteiger partial charge in [-0.25, -0.2) is 0 Å². The first-order valence-electron chi connectivity index (χ1n) is 8.76. The highest BCUT2D eigenvalue weighted by Gasteiger charge is 2.41. The van der Waals surface area contributed by atoms with Crippen LogP contribution in [-0.2, 0) is 4.79 Å². The van der Waals surface area contributed by atoms with Crippen LogP contribution in [0.5, 0.6) is 0 Å². The van der Waals surface area contributed by atoms with Crippen molar-refractivity contribution in [2.75, 3.05) is 5.32 Å². The minimum Gasteiger partial charge on any atom is -0.309 e. The predicted octanol–water partition coefficient (Wildman–Crippen LogP) is 4.41. The molecule has 29 heavy (non-hydrogen) atoms. The van der Waals surface area contributed by atoms with Gasteiger partial charge < -0.3 is 5.32 Å². The lowest BCUT2D eigenvalue weighted by molar-refractivity contribution is -0.119. The largest absolute Gasteiger partial charge is 0.309 e. The van der Waals surface area contributed by atoms with Crippen LogP contribution in [-0.4, -0.2) is 21.6 Å². The van der Waals surface area contributed by atoms with E-state index in [0.29, 0.717) is 26.9 Å². The van der Waals surface area contributed by atoms with E-state index in [1.807, 2.05) is 0 Å². The van der Waals surface area contributed by atoms with E-state index in [0.717, 1.165) is 5.56 Å². The van der Waals surface area contributed by atoms with Gasteiger partial charge in [-0.15, -0.1) is 0 Å². The zero-order valence-corrected chi connectivity index (χ0v) is 16.7. The molecule has 8 heteroatoms. The maximum absolute atomic E-state index is 13.0. The summed E-state index contributed by atoms with van der Waals surface area (Å²) in [4.78, 5) is 25.7. The fourth-order valence-electron chi connectivity index (χ4n) is 3.57. The Morgan fingerprint density at radius 2 is 1.69 bits per heavy atom. The third-order valence-corrected chi connectivity index (χ3v) is 5.43. The number of carbonyl (C=O) groups is 2. The fraction of sp³-hybridized carbons (Fsp3) is 0.143. The number of benzene rings is 2. The molecule has 1 aliphatic rings. The fourth-order valence-corrected chi connectivity index (χ4v) is 3.82. The molecule has 2 heterocycles. The van der Waals surface area contributed by atoms with E-state index in [-0.39, 0.29) is 5.82 Å². The van der Waals surface area contributed by atoms with E-state index in [9.17, 15) is 14.9 Å². The van der Waals surface area contributed by atoms with Crippen LogP contribution in [0.1, 0.15) is 33.1 Å². The summed E-state index contributed by atoms with van der Waals surface area (Å²) in [6.07, 6.45) is 0. The van der Waals surface area contributed by atoms with Crippen LogP contribution in [0.4, 0.5) is 5.82 Å². The van der Waals surface area contributed by atoms with E-state index in [2.05, 4.69) is 16.5 Å². The van der Waals surface area contributed by atoms with Crippen LogP contribution in [0.2, 0.25) is 10.0 Å². The van der Waals surface area contributed by atoms with Gasteiger partial charge in [0.1, 0.15) is 11.7 Å². The van der Waals surface area contributed by atoms with Gasteiger partial charge in [-0.2, -0.15) is 15.0 Å². The zero-order chi connectivity index (χ0) is 20.7. The summed E-state index contributed by atoms with van der Waals surface area (Å²) in [5, 5.41) is 17.8. The molecule has 1 aromatic heterocycles. The van der Waals surface area contributed by atoms with Crippen molar-refractivity contribution >= 4 is 40.8 Å². The Bertz CT molecular complexity index is 1160. The number of aromatic nitrogens is 2. The molecular formula is C21H14Cl2N4O2. The number of nitrogens with one attached hydrogen (secondary N) is 1. The highest BCUT2D eigenvalue weighted by Crippen LogP contribution is 2.42. The topological polar surface area (TPSA) is 87.8 Å². The van der Waals surface area contributed by atoms with Gasteiger partial charge >= 0.3 is 0 Å². The molecule has 3 aromatic rings.